The summed E-state index contributed by atoms with van der Waals surface area (Å²) in [6.45, 7) is 2.40. The maximum Gasteiger partial charge on any atom is 0.435 e. The van der Waals surface area contributed by atoms with Gasteiger partial charge in [0.2, 0.25) is 12.2 Å². The molecule has 3 rings (SSSR count). The van der Waals surface area contributed by atoms with E-state index < -0.39 is 18.2 Å². The number of nitrogens with zero attached hydrogens (tertiary/aromatic N) is 2. The molecule has 1 aromatic heterocycles. The summed E-state index contributed by atoms with van der Waals surface area (Å²) in [5.74, 6) is -0.148. The fourth-order valence-electron chi connectivity index (χ4n) is 5.13. The Labute approximate surface area is 216 Å². The Kier molecular flexibility index (Phi) is 10.5. The van der Waals surface area contributed by atoms with E-state index in [1.807, 2.05) is 31.2 Å². The van der Waals surface area contributed by atoms with Crippen LogP contribution in [0.5, 0.6) is 0 Å². The van der Waals surface area contributed by atoms with Crippen molar-refractivity contribution in [2.45, 2.75) is 76.8 Å². The van der Waals surface area contributed by atoms with Gasteiger partial charge in [-0.15, -0.1) is 0 Å². The fraction of sp³-hybridized carbons (Fsp3) is 0.630. The number of amides is 1. The van der Waals surface area contributed by atoms with E-state index in [0.717, 1.165) is 43.2 Å². The van der Waals surface area contributed by atoms with Gasteiger partial charge < -0.3 is 24.5 Å². The van der Waals surface area contributed by atoms with Gasteiger partial charge in [0.05, 0.1) is 19.1 Å². The first-order chi connectivity index (χ1) is 17.7. The molecule has 1 heterocycles. The van der Waals surface area contributed by atoms with Gasteiger partial charge in [-0.3, -0.25) is 4.79 Å². The number of benzene rings is 1. The zero-order valence-electron chi connectivity index (χ0n) is 21.9. The van der Waals surface area contributed by atoms with Crippen molar-refractivity contribution in [1.82, 2.24) is 9.55 Å². The number of ether oxygens (including phenoxy) is 3. The van der Waals surface area contributed by atoms with Gasteiger partial charge in [0.25, 0.3) is 0 Å². The van der Waals surface area contributed by atoms with Gasteiger partial charge in [-0.1, -0.05) is 50.5 Å². The van der Waals surface area contributed by atoms with Crippen molar-refractivity contribution in [2.75, 3.05) is 27.4 Å². The first-order valence-electron chi connectivity index (χ1n) is 12.9. The first-order valence-corrected chi connectivity index (χ1v) is 12.9. The second kappa shape index (κ2) is 13.4. The number of rotatable bonds is 14. The SMILES string of the molecule is CCCCc1nc(C(F)(F)F)c(C(OC)OCCOC)n1Cc1ccc(C(C(N)=O)C2CCCC2)cc1. The highest BCUT2D eigenvalue weighted by molar-refractivity contribution is 5.82. The predicted molar refractivity (Wildman–Crippen MR) is 133 cm³/mol. The number of hydrogen-bond acceptors (Lipinski definition) is 5. The van der Waals surface area contributed by atoms with Crippen molar-refractivity contribution in [1.29, 1.82) is 0 Å². The summed E-state index contributed by atoms with van der Waals surface area (Å²) >= 11 is 0. The quantitative estimate of drug-likeness (QED) is 0.265. The van der Waals surface area contributed by atoms with Crippen LogP contribution in [-0.4, -0.2) is 42.9 Å². The normalized spacial score (nSPS) is 16.3. The zero-order chi connectivity index (χ0) is 27.0. The number of unbranched alkanes of at least 4 members (excludes halogenated alkanes) is 1. The lowest BCUT2D eigenvalue weighted by molar-refractivity contribution is -0.160. The fourth-order valence-corrected chi connectivity index (χ4v) is 5.13. The van der Waals surface area contributed by atoms with Crippen molar-refractivity contribution in [3.05, 3.63) is 52.6 Å². The van der Waals surface area contributed by atoms with Crippen LogP contribution in [0.3, 0.4) is 0 Å². The largest absolute Gasteiger partial charge is 0.435 e. The second-order valence-corrected chi connectivity index (χ2v) is 9.55. The minimum absolute atomic E-state index is 0.0617. The molecular formula is C27H38F3N3O4. The van der Waals surface area contributed by atoms with Crippen molar-refractivity contribution >= 4 is 5.91 Å². The molecule has 1 aromatic carbocycles. The molecule has 0 radical (unpaired) electrons. The van der Waals surface area contributed by atoms with Crippen LogP contribution >= 0.6 is 0 Å². The number of primary amides is 1. The Balaban J connectivity index is 1.98. The molecule has 37 heavy (non-hydrogen) atoms. The Morgan fingerprint density at radius 1 is 1.16 bits per heavy atom. The summed E-state index contributed by atoms with van der Waals surface area (Å²) in [5, 5.41) is 0. The topological polar surface area (TPSA) is 88.6 Å². The van der Waals surface area contributed by atoms with Crippen LogP contribution in [0.25, 0.3) is 0 Å². The molecule has 0 spiro atoms. The molecule has 0 bridgehead atoms. The third-order valence-corrected chi connectivity index (χ3v) is 6.96. The molecule has 2 N–H and O–H groups in total. The van der Waals surface area contributed by atoms with Crippen molar-refractivity contribution in [3.8, 4) is 0 Å². The van der Waals surface area contributed by atoms with Crippen molar-refractivity contribution in [3.63, 3.8) is 0 Å². The molecule has 2 unspecified atom stereocenters. The van der Waals surface area contributed by atoms with Crippen LogP contribution in [0.4, 0.5) is 13.2 Å². The Morgan fingerprint density at radius 2 is 1.84 bits per heavy atom. The Bertz CT molecular complexity index is 1000. The minimum atomic E-state index is -4.68. The second-order valence-electron chi connectivity index (χ2n) is 9.55. The highest BCUT2D eigenvalue weighted by Crippen LogP contribution is 2.39. The zero-order valence-corrected chi connectivity index (χ0v) is 21.9. The van der Waals surface area contributed by atoms with E-state index in [2.05, 4.69) is 4.98 Å². The first kappa shape index (κ1) is 29.1. The van der Waals surface area contributed by atoms with E-state index in [1.54, 1.807) is 4.57 Å². The number of hydrogen-bond donors (Lipinski definition) is 1. The van der Waals surface area contributed by atoms with Crippen LogP contribution < -0.4 is 5.73 Å². The average Bonchev–Trinajstić information content (AvgIpc) is 3.50. The number of nitrogens with two attached hydrogens (primary N) is 1. The lowest BCUT2D eigenvalue weighted by Crippen LogP contribution is -2.27. The summed E-state index contributed by atoms with van der Waals surface area (Å²) in [4.78, 5) is 16.3. The molecule has 1 aliphatic carbocycles. The van der Waals surface area contributed by atoms with Gasteiger partial charge in [-0.05, 0) is 36.3 Å². The molecule has 1 aliphatic rings. The van der Waals surface area contributed by atoms with Gasteiger partial charge in [-0.25, -0.2) is 4.98 Å². The van der Waals surface area contributed by atoms with Crippen molar-refractivity contribution in [2.24, 2.45) is 11.7 Å². The van der Waals surface area contributed by atoms with E-state index in [9.17, 15) is 18.0 Å². The Hall–Kier alpha value is -2.43. The molecule has 10 heteroatoms. The summed E-state index contributed by atoms with van der Waals surface area (Å²) in [7, 11) is 2.79. The summed E-state index contributed by atoms with van der Waals surface area (Å²) in [6, 6.07) is 7.40. The maximum absolute atomic E-state index is 14.1. The third-order valence-electron chi connectivity index (χ3n) is 6.96. The number of methoxy groups -OCH3 is 2. The van der Waals surface area contributed by atoms with Crippen LogP contribution in [0.2, 0.25) is 0 Å². The van der Waals surface area contributed by atoms with Crippen LogP contribution in [0.1, 0.15) is 86.0 Å². The van der Waals surface area contributed by atoms with Crippen LogP contribution in [-0.2, 0) is 38.1 Å². The number of carbonyl (C=O) groups is 1. The lowest BCUT2D eigenvalue weighted by atomic mass is 9.84. The molecule has 1 amide bonds. The monoisotopic (exact) mass is 525 g/mol. The molecule has 0 saturated heterocycles. The standard InChI is InChI=1S/C27H38F3N3O4/c1-4-5-10-21-32-24(27(28,29)30)23(26(36-3)37-16-15-35-2)33(21)17-18-11-13-20(14-12-18)22(25(31)34)19-8-6-7-9-19/h11-14,19,22,26H,4-10,15-17H2,1-3H3,(H2,31,34). The Morgan fingerprint density at radius 3 is 2.38 bits per heavy atom. The summed E-state index contributed by atoms with van der Waals surface area (Å²) < 4.78 is 59.8. The van der Waals surface area contributed by atoms with E-state index in [4.69, 9.17) is 19.9 Å². The molecular weight excluding hydrogens is 487 g/mol. The van der Waals surface area contributed by atoms with Gasteiger partial charge >= 0.3 is 6.18 Å². The van der Waals surface area contributed by atoms with Gasteiger partial charge in [0, 0.05) is 27.2 Å². The highest BCUT2D eigenvalue weighted by Gasteiger charge is 2.41. The molecule has 206 valence electrons. The average molecular weight is 526 g/mol. The molecule has 0 aliphatic heterocycles. The van der Waals surface area contributed by atoms with E-state index in [0.29, 0.717) is 18.7 Å². The number of aromatic nitrogens is 2. The highest BCUT2D eigenvalue weighted by atomic mass is 19.4. The number of aryl methyl sites for hydroxylation is 1. The summed E-state index contributed by atoms with van der Waals surface area (Å²) in [5.41, 5.74) is 6.19. The van der Waals surface area contributed by atoms with Crippen molar-refractivity contribution < 1.29 is 32.2 Å². The maximum atomic E-state index is 14.1. The van der Waals surface area contributed by atoms with Gasteiger partial charge in [0.15, 0.2) is 5.69 Å². The molecule has 2 aromatic rings. The molecule has 1 saturated carbocycles. The predicted octanol–water partition coefficient (Wildman–Crippen LogP) is 5.36. The smallest absolute Gasteiger partial charge is 0.382 e. The lowest BCUT2D eigenvalue weighted by Gasteiger charge is -2.22. The van der Waals surface area contributed by atoms with E-state index in [-0.39, 0.29) is 43.2 Å². The molecule has 2 atom stereocenters. The van der Waals surface area contributed by atoms with Crippen LogP contribution in [0.15, 0.2) is 24.3 Å². The number of imidazole rings is 1. The minimum Gasteiger partial charge on any atom is -0.382 e. The van der Waals surface area contributed by atoms with Crippen LogP contribution in [0, 0.1) is 5.92 Å². The van der Waals surface area contributed by atoms with E-state index >= 15 is 0 Å². The summed E-state index contributed by atoms with van der Waals surface area (Å²) in [6.07, 6.45) is 0.0570. The number of carbonyl (C=O) groups excluding carboxylic acids is 1. The number of alkyl halides is 3. The molecule has 7 nitrogen and oxygen atoms in total. The molecule has 1 fully saturated rings. The van der Waals surface area contributed by atoms with Gasteiger partial charge in [0.1, 0.15) is 11.5 Å². The van der Waals surface area contributed by atoms with E-state index in [1.165, 1.54) is 14.2 Å². The van der Waals surface area contributed by atoms with Gasteiger partial charge in [-0.2, -0.15) is 13.2 Å². The third kappa shape index (κ3) is 7.33. The number of halogens is 3.